The molecule has 32 heavy (non-hydrogen) atoms. The first kappa shape index (κ1) is 23.5. The highest BCUT2D eigenvalue weighted by Crippen LogP contribution is 2.35. The van der Waals surface area contributed by atoms with E-state index in [4.69, 9.17) is 11.6 Å². The van der Waals surface area contributed by atoms with E-state index >= 15 is 0 Å². The maximum atomic E-state index is 13.0. The lowest BCUT2D eigenvalue weighted by Gasteiger charge is -2.11. The molecule has 12 heteroatoms. The van der Waals surface area contributed by atoms with Gasteiger partial charge in [0, 0.05) is 22.2 Å². The highest BCUT2D eigenvalue weighted by molar-refractivity contribution is 7.99. The van der Waals surface area contributed by atoms with Gasteiger partial charge in [0.1, 0.15) is 17.0 Å². The number of hydrogen-bond donors (Lipinski definition) is 2. The number of nitrogens with zero attached hydrogens (tertiary/aromatic N) is 2. The van der Waals surface area contributed by atoms with Crippen molar-refractivity contribution in [3.8, 4) is 0 Å². The number of anilines is 1. The van der Waals surface area contributed by atoms with E-state index in [1.165, 1.54) is 37.3 Å². The maximum absolute atomic E-state index is 13.0. The number of hydroxylamine groups is 1. The van der Waals surface area contributed by atoms with Gasteiger partial charge in [-0.2, -0.15) is 13.2 Å². The molecule has 0 bridgehead atoms. The van der Waals surface area contributed by atoms with Crippen molar-refractivity contribution in [2.75, 3.05) is 12.4 Å². The third-order valence-electron chi connectivity index (χ3n) is 3.94. The first-order chi connectivity index (χ1) is 15.2. The minimum atomic E-state index is -4.67. The zero-order valence-electron chi connectivity index (χ0n) is 16.2. The van der Waals surface area contributed by atoms with Gasteiger partial charge < -0.3 is 5.32 Å². The molecule has 0 aliphatic heterocycles. The van der Waals surface area contributed by atoms with Crippen LogP contribution in [0.3, 0.4) is 0 Å². The molecule has 2 aromatic carbocycles. The average Bonchev–Trinajstić information content (AvgIpc) is 2.75. The van der Waals surface area contributed by atoms with Crippen molar-refractivity contribution < 1.29 is 27.6 Å². The van der Waals surface area contributed by atoms with Crippen LogP contribution < -0.4 is 10.8 Å². The van der Waals surface area contributed by atoms with Crippen LogP contribution >= 0.6 is 23.4 Å². The molecule has 2 N–H and O–H groups in total. The minimum absolute atomic E-state index is 0.120. The Hall–Kier alpha value is -3.15. The minimum Gasteiger partial charge on any atom is -0.322 e. The third kappa shape index (κ3) is 5.96. The molecule has 0 radical (unpaired) electrons. The van der Waals surface area contributed by atoms with E-state index in [9.17, 15) is 22.8 Å². The second-order valence-electron chi connectivity index (χ2n) is 6.15. The fraction of sp³-hybridized carbons (Fsp3) is 0.100. The smallest absolute Gasteiger partial charge is 0.322 e. The molecule has 0 fully saturated rings. The number of nitrogens with one attached hydrogen (secondary N) is 2. The SMILES string of the molecule is CONC(=O)c1cc(Sc2ccc(NC(=O)c3ccc(Cl)c(C(F)(F)F)c3)cc2)ncn1. The topological polar surface area (TPSA) is 93.2 Å². The number of rotatable bonds is 6. The fourth-order valence-corrected chi connectivity index (χ4v) is 3.49. The van der Waals surface area contributed by atoms with Gasteiger partial charge in [0.05, 0.1) is 17.7 Å². The molecule has 1 heterocycles. The summed E-state index contributed by atoms with van der Waals surface area (Å²) >= 11 is 6.82. The summed E-state index contributed by atoms with van der Waals surface area (Å²) in [4.78, 5) is 37.3. The Morgan fingerprint density at radius 2 is 1.75 bits per heavy atom. The summed E-state index contributed by atoms with van der Waals surface area (Å²) in [7, 11) is 1.30. The second kappa shape index (κ2) is 9.98. The van der Waals surface area contributed by atoms with Gasteiger partial charge in [-0.1, -0.05) is 23.4 Å². The first-order valence-corrected chi connectivity index (χ1v) is 9.98. The fourth-order valence-electron chi connectivity index (χ4n) is 2.48. The van der Waals surface area contributed by atoms with Crippen molar-refractivity contribution >= 4 is 40.9 Å². The molecule has 1 aromatic heterocycles. The van der Waals surface area contributed by atoms with Crippen LogP contribution in [-0.2, 0) is 11.0 Å². The molecule has 0 aliphatic rings. The molecular formula is C20H14ClF3N4O3S. The Morgan fingerprint density at radius 3 is 2.41 bits per heavy atom. The molecular weight excluding hydrogens is 469 g/mol. The Bertz CT molecular complexity index is 1140. The monoisotopic (exact) mass is 482 g/mol. The largest absolute Gasteiger partial charge is 0.417 e. The van der Waals surface area contributed by atoms with Crippen LogP contribution in [0.15, 0.2) is 64.8 Å². The molecule has 3 aromatic rings. The molecule has 0 saturated carbocycles. The number of carbonyl (C=O) groups excluding carboxylic acids is 2. The Labute approximate surface area is 189 Å². The van der Waals surface area contributed by atoms with Gasteiger partial charge >= 0.3 is 6.18 Å². The van der Waals surface area contributed by atoms with Gasteiger partial charge in [-0.3, -0.25) is 14.4 Å². The Kier molecular flexibility index (Phi) is 7.33. The van der Waals surface area contributed by atoms with Crippen molar-refractivity contribution in [1.29, 1.82) is 0 Å². The second-order valence-corrected chi connectivity index (χ2v) is 7.65. The molecule has 0 spiro atoms. The van der Waals surface area contributed by atoms with E-state index in [0.29, 0.717) is 16.8 Å². The molecule has 2 amide bonds. The third-order valence-corrected chi connectivity index (χ3v) is 5.21. The standard InChI is InChI=1S/C20H14ClF3N4O3S/c1-31-28-19(30)16-9-17(26-10-25-16)32-13-5-3-12(4-6-13)27-18(29)11-2-7-15(21)14(8-11)20(22,23)24/h2-10H,1H3,(H,27,29)(H,28,30). The van der Waals surface area contributed by atoms with Gasteiger partial charge in [-0.15, -0.1) is 0 Å². The van der Waals surface area contributed by atoms with Crippen LogP contribution in [0.2, 0.25) is 5.02 Å². The van der Waals surface area contributed by atoms with Crippen molar-refractivity contribution in [2.45, 2.75) is 16.1 Å². The quantitative estimate of drug-likeness (QED) is 0.385. The molecule has 3 rings (SSSR count). The number of benzene rings is 2. The zero-order valence-corrected chi connectivity index (χ0v) is 17.8. The number of hydrogen-bond acceptors (Lipinski definition) is 6. The lowest BCUT2D eigenvalue weighted by atomic mass is 10.1. The number of halogens is 4. The van der Waals surface area contributed by atoms with Crippen molar-refractivity contribution in [3.63, 3.8) is 0 Å². The highest BCUT2D eigenvalue weighted by atomic mass is 35.5. The summed E-state index contributed by atoms with van der Waals surface area (Å²) in [5.41, 5.74) is 1.40. The number of carbonyl (C=O) groups is 2. The van der Waals surface area contributed by atoms with Crippen molar-refractivity contribution in [2.24, 2.45) is 0 Å². The zero-order chi connectivity index (χ0) is 23.3. The van der Waals surface area contributed by atoms with E-state index in [1.807, 2.05) is 0 Å². The van der Waals surface area contributed by atoms with Gasteiger partial charge in [0.25, 0.3) is 11.8 Å². The van der Waals surface area contributed by atoms with Gasteiger partial charge in [0.2, 0.25) is 0 Å². The lowest BCUT2D eigenvalue weighted by Crippen LogP contribution is -2.22. The summed E-state index contributed by atoms with van der Waals surface area (Å²) in [6.45, 7) is 0. The molecule has 0 atom stereocenters. The van der Waals surface area contributed by atoms with E-state index in [2.05, 4.69) is 25.6 Å². The number of amides is 2. The summed E-state index contributed by atoms with van der Waals surface area (Å²) in [5, 5.41) is 2.55. The van der Waals surface area contributed by atoms with Gasteiger partial charge in [-0.05, 0) is 42.5 Å². The van der Waals surface area contributed by atoms with Crippen molar-refractivity contribution in [3.05, 3.63) is 76.7 Å². The van der Waals surface area contributed by atoms with E-state index < -0.39 is 28.6 Å². The Morgan fingerprint density at radius 1 is 1.03 bits per heavy atom. The average molecular weight is 483 g/mol. The summed E-state index contributed by atoms with van der Waals surface area (Å²) < 4.78 is 39.0. The van der Waals surface area contributed by atoms with Gasteiger partial charge in [-0.25, -0.2) is 15.4 Å². The van der Waals surface area contributed by atoms with Crippen LogP contribution in [-0.4, -0.2) is 28.9 Å². The van der Waals surface area contributed by atoms with Crippen molar-refractivity contribution in [1.82, 2.24) is 15.4 Å². The lowest BCUT2D eigenvalue weighted by molar-refractivity contribution is -0.137. The first-order valence-electron chi connectivity index (χ1n) is 8.79. The highest BCUT2D eigenvalue weighted by Gasteiger charge is 2.33. The molecule has 0 unspecified atom stereocenters. The van der Waals surface area contributed by atoms with Crippen LogP contribution in [0.5, 0.6) is 0 Å². The van der Waals surface area contributed by atoms with Crippen LogP contribution in [0, 0.1) is 0 Å². The molecule has 7 nitrogen and oxygen atoms in total. The summed E-state index contributed by atoms with van der Waals surface area (Å²) in [5.74, 6) is -1.23. The molecule has 166 valence electrons. The predicted molar refractivity (Wildman–Crippen MR) is 111 cm³/mol. The van der Waals surface area contributed by atoms with E-state index in [0.717, 1.165) is 11.0 Å². The summed E-state index contributed by atoms with van der Waals surface area (Å²) in [6, 6.07) is 11.0. The van der Waals surface area contributed by atoms with Crippen LogP contribution in [0.1, 0.15) is 26.4 Å². The van der Waals surface area contributed by atoms with E-state index in [-0.39, 0.29) is 11.3 Å². The van der Waals surface area contributed by atoms with Crippen LogP contribution in [0.4, 0.5) is 18.9 Å². The number of aromatic nitrogens is 2. The van der Waals surface area contributed by atoms with E-state index in [1.54, 1.807) is 24.3 Å². The van der Waals surface area contributed by atoms with Crippen LogP contribution in [0.25, 0.3) is 0 Å². The number of alkyl halides is 3. The Balaban J connectivity index is 1.68. The van der Waals surface area contributed by atoms with Gasteiger partial charge in [0.15, 0.2) is 0 Å². The summed E-state index contributed by atoms with van der Waals surface area (Å²) in [6.07, 6.45) is -3.43. The molecule has 0 saturated heterocycles. The predicted octanol–water partition coefficient (Wildman–Crippen LogP) is 4.84. The maximum Gasteiger partial charge on any atom is 0.417 e. The molecule has 0 aliphatic carbocycles. The normalized spacial score (nSPS) is 11.2.